The van der Waals surface area contributed by atoms with Gasteiger partial charge in [0.05, 0.1) is 6.17 Å². The third-order valence-electron chi connectivity index (χ3n) is 3.45. The van der Waals surface area contributed by atoms with Gasteiger partial charge in [0.25, 0.3) is 0 Å². The molecule has 0 bridgehead atoms. The molecule has 2 aliphatic rings. The fraction of sp³-hybridized carbons (Fsp3) is 0.538. The summed E-state index contributed by atoms with van der Waals surface area (Å²) < 4.78 is 11.1. The van der Waals surface area contributed by atoms with Crippen molar-refractivity contribution in [3.63, 3.8) is 0 Å². The van der Waals surface area contributed by atoms with Crippen LogP contribution in [0, 0.1) is 0 Å². The average molecular weight is 249 g/mol. The Labute approximate surface area is 107 Å². The summed E-state index contributed by atoms with van der Waals surface area (Å²) in [6, 6.07) is 5.98. The highest BCUT2D eigenvalue weighted by molar-refractivity contribution is 5.44. The Bertz CT molecular complexity index is 419. The molecule has 3 rings (SSSR count). The SMILES string of the molecule is NC(c1ccc2c(c1)OCCO2)N1CCNCC1. The zero-order chi connectivity index (χ0) is 12.4. The van der Waals surface area contributed by atoms with Crippen LogP contribution in [0.15, 0.2) is 18.2 Å². The molecule has 0 radical (unpaired) electrons. The van der Waals surface area contributed by atoms with Gasteiger partial charge in [0.2, 0.25) is 0 Å². The van der Waals surface area contributed by atoms with Gasteiger partial charge in [0.1, 0.15) is 13.2 Å². The van der Waals surface area contributed by atoms with Crippen LogP contribution in [-0.4, -0.2) is 44.3 Å². The standard InChI is InChI=1S/C13H19N3O2/c14-13(16-5-3-15-4-6-16)10-1-2-11-12(9-10)18-8-7-17-11/h1-2,9,13,15H,3-8,14H2. The first-order valence-electron chi connectivity index (χ1n) is 6.44. The van der Waals surface area contributed by atoms with Crippen LogP contribution in [0.2, 0.25) is 0 Å². The number of nitrogens with two attached hydrogens (primary N) is 1. The summed E-state index contributed by atoms with van der Waals surface area (Å²) >= 11 is 0. The van der Waals surface area contributed by atoms with E-state index >= 15 is 0 Å². The summed E-state index contributed by atoms with van der Waals surface area (Å²) in [7, 11) is 0. The molecule has 0 spiro atoms. The lowest BCUT2D eigenvalue weighted by molar-refractivity contribution is 0.166. The molecule has 2 heterocycles. The van der Waals surface area contributed by atoms with Gasteiger partial charge in [-0.2, -0.15) is 0 Å². The van der Waals surface area contributed by atoms with Crippen molar-refractivity contribution in [1.29, 1.82) is 0 Å². The van der Waals surface area contributed by atoms with Crippen molar-refractivity contribution < 1.29 is 9.47 Å². The molecule has 3 N–H and O–H groups in total. The maximum absolute atomic E-state index is 6.30. The third-order valence-corrected chi connectivity index (χ3v) is 3.45. The molecule has 98 valence electrons. The van der Waals surface area contributed by atoms with Gasteiger partial charge in [-0.1, -0.05) is 6.07 Å². The highest BCUT2D eigenvalue weighted by Gasteiger charge is 2.20. The van der Waals surface area contributed by atoms with Crippen molar-refractivity contribution >= 4 is 0 Å². The van der Waals surface area contributed by atoms with E-state index in [4.69, 9.17) is 15.2 Å². The number of nitrogens with one attached hydrogen (secondary N) is 1. The highest BCUT2D eigenvalue weighted by Crippen LogP contribution is 2.32. The Balaban J connectivity index is 1.78. The minimum Gasteiger partial charge on any atom is -0.486 e. The number of benzene rings is 1. The molecule has 1 unspecified atom stereocenters. The molecular weight excluding hydrogens is 230 g/mol. The molecule has 1 aromatic carbocycles. The first-order chi connectivity index (χ1) is 8.84. The molecule has 0 aromatic heterocycles. The lowest BCUT2D eigenvalue weighted by Crippen LogP contribution is -2.47. The minimum absolute atomic E-state index is 0.0667. The second kappa shape index (κ2) is 5.14. The minimum atomic E-state index is -0.0667. The second-order valence-corrected chi connectivity index (χ2v) is 4.63. The van der Waals surface area contributed by atoms with E-state index in [-0.39, 0.29) is 6.17 Å². The Hall–Kier alpha value is -1.30. The van der Waals surface area contributed by atoms with Gasteiger partial charge in [-0.3, -0.25) is 4.90 Å². The topological polar surface area (TPSA) is 59.8 Å². The predicted molar refractivity (Wildman–Crippen MR) is 68.8 cm³/mol. The number of ether oxygens (including phenoxy) is 2. The van der Waals surface area contributed by atoms with Crippen LogP contribution in [0.1, 0.15) is 11.7 Å². The van der Waals surface area contributed by atoms with E-state index in [0.29, 0.717) is 13.2 Å². The van der Waals surface area contributed by atoms with E-state index in [2.05, 4.69) is 10.2 Å². The fourth-order valence-corrected chi connectivity index (χ4v) is 2.42. The van der Waals surface area contributed by atoms with E-state index in [0.717, 1.165) is 43.2 Å². The molecule has 1 fully saturated rings. The summed E-state index contributed by atoms with van der Waals surface area (Å²) in [5.74, 6) is 1.63. The van der Waals surface area contributed by atoms with E-state index in [1.807, 2.05) is 18.2 Å². The summed E-state index contributed by atoms with van der Waals surface area (Å²) in [6.07, 6.45) is -0.0667. The van der Waals surface area contributed by atoms with Gasteiger partial charge in [-0.15, -0.1) is 0 Å². The first kappa shape index (κ1) is 11.8. The molecule has 18 heavy (non-hydrogen) atoms. The third kappa shape index (κ3) is 2.29. The molecule has 1 aromatic rings. The number of nitrogens with zero attached hydrogens (tertiary/aromatic N) is 1. The second-order valence-electron chi connectivity index (χ2n) is 4.63. The normalized spacial score (nSPS) is 21.6. The molecule has 1 saturated heterocycles. The van der Waals surface area contributed by atoms with Gasteiger partial charge < -0.3 is 20.5 Å². The van der Waals surface area contributed by atoms with Crippen LogP contribution in [0.5, 0.6) is 11.5 Å². The van der Waals surface area contributed by atoms with E-state index in [9.17, 15) is 0 Å². The lowest BCUT2D eigenvalue weighted by atomic mass is 10.1. The average Bonchev–Trinajstić information content (AvgIpc) is 2.47. The van der Waals surface area contributed by atoms with Gasteiger partial charge >= 0.3 is 0 Å². The highest BCUT2D eigenvalue weighted by atomic mass is 16.6. The van der Waals surface area contributed by atoms with Crippen molar-refractivity contribution in [1.82, 2.24) is 10.2 Å². The summed E-state index contributed by atoms with van der Waals surface area (Å²) in [5.41, 5.74) is 7.39. The van der Waals surface area contributed by atoms with Gasteiger partial charge in [-0.25, -0.2) is 0 Å². The van der Waals surface area contributed by atoms with Crippen molar-refractivity contribution in [2.24, 2.45) is 5.73 Å². The quantitative estimate of drug-likeness (QED) is 0.790. The van der Waals surface area contributed by atoms with Crippen LogP contribution in [0.25, 0.3) is 0 Å². The number of hydrogen-bond donors (Lipinski definition) is 2. The maximum atomic E-state index is 6.30. The van der Waals surface area contributed by atoms with E-state index < -0.39 is 0 Å². The number of fused-ring (bicyclic) bond motifs is 1. The zero-order valence-electron chi connectivity index (χ0n) is 10.4. The zero-order valence-corrected chi connectivity index (χ0v) is 10.4. The van der Waals surface area contributed by atoms with Crippen LogP contribution in [-0.2, 0) is 0 Å². The maximum Gasteiger partial charge on any atom is 0.161 e. The predicted octanol–water partition coefficient (Wildman–Crippen LogP) is 0.320. The Morgan fingerprint density at radius 1 is 1.11 bits per heavy atom. The Morgan fingerprint density at radius 2 is 1.83 bits per heavy atom. The van der Waals surface area contributed by atoms with E-state index in [1.54, 1.807) is 0 Å². The summed E-state index contributed by atoms with van der Waals surface area (Å²) in [4.78, 5) is 2.28. The lowest BCUT2D eigenvalue weighted by Gasteiger charge is -2.33. The van der Waals surface area contributed by atoms with Gasteiger partial charge in [0, 0.05) is 26.2 Å². The molecule has 0 amide bonds. The molecule has 5 heteroatoms. The fourth-order valence-electron chi connectivity index (χ4n) is 2.42. The summed E-state index contributed by atoms with van der Waals surface area (Å²) in [6.45, 7) is 5.19. The smallest absolute Gasteiger partial charge is 0.161 e. The van der Waals surface area contributed by atoms with Crippen LogP contribution < -0.4 is 20.5 Å². The Kier molecular flexibility index (Phi) is 3.36. The molecular formula is C13H19N3O2. The molecule has 1 atom stereocenters. The molecule has 5 nitrogen and oxygen atoms in total. The molecule has 0 aliphatic carbocycles. The number of hydrogen-bond acceptors (Lipinski definition) is 5. The van der Waals surface area contributed by atoms with Crippen molar-refractivity contribution in [3.05, 3.63) is 23.8 Å². The van der Waals surface area contributed by atoms with Crippen molar-refractivity contribution in [2.45, 2.75) is 6.17 Å². The van der Waals surface area contributed by atoms with Crippen molar-refractivity contribution in [3.8, 4) is 11.5 Å². The van der Waals surface area contributed by atoms with Crippen molar-refractivity contribution in [2.75, 3.05) is 39.4 Å². The number of rotatable bonds is 2. The molecule has 0 saturated carbocycles. The largest absolute Gasteiger partial charge is 0.486 e. The van der Waals surface area contributed by atoms with Gasteiger partial charge in [-0.05, 0) is 17.7 Å². The van der Waals surface area contributed by atoms with Crippen LogP contribution in [0.4, 0.5) is 0 Å². The van der Waals surface area contributed by atoms with Gasteiger partial charge in [0.15, 0.2) is 11.5 Å². The number of piperazine rings is 1. The monoisotopic (exact) mass is 249 g/mol. The Morgan fingerprint density at radius 3 is 2.61 bits per heavy atom. The van der Waals surface area contributed by atoms with Crippen LogP contribution in [0.3, 0.4) is 0 Å². The first-order valence-corrected chi connectivity index (χ1v) is 6.44. The molecule has 2 aliphatic heterocycles. The summed E-state index contributed by atoms with van der Waals surface area (Å²) in [5, 5.41) is 3.33. The van der Waals surface area contributed by atoms with E-state index in [1.165, 1.54) is 0 Å². The van der Waals surface area contributed by atoms with Crippen LogP contribution >= 0.6 is 0 Å².